The minimum atomic E-state index is 0.895. The molecule has 0 aliphatic rings. The van der Waals surface area contributed by atoms with E-state index in [2.05, 4.69) is 105 Å². The van der Waals surface area contributed by atoms with Gasteiger partial charge in [0.15, 0.2) is 0 Å². The molecule has 4 nitrogen and oxygen atoms in total. The summed E-state index contributed by atoms with van der Waals surface area (Å²) in [7, 11) is 0. The van der Waals surface area contributed by atoms with Crippen LogP contribution >= 0.6 is 15.9 Å². The zero-order chi connectivity index (χ0) is 23.4. The number of aromatic nitrogens is 4. The molecule has 0 saturated carbocycles. The van der Waals surface area contributed by atoms with E-state index >= 15 is 0 Å². The van der Waals surface area contributed by atoms with E-state index in [-0.39, 0.29) is 0 Å². The quantitative estimate of drug-likeness (QED) is 0.220. The highest BCUT2D eigenvalue weighted by Crippen LogP contribution is 2.32. The van der Waals surface area contributed by atoms with Crippen LogP contribution in [0.1, 0.15) is 0 Å². The second kappa shape index (κ2) is 7.93. The first kappa shape index (κ1) is 20.2. The largest absolute Gasteiger partial charge is 0.254 e. The third-order valence-electron chi connectivity index (χ3n) is 6.35. The molecular weight excluding hydrogens is 496 g/mol. The average Bonchev–Trinajstić information content (AvgIpc) is 2.92. The minimum Gasteiger partial charge on any atom is -0.254 e. The van der Waals surface area contributed by atoms with Crippen LogP contribution in [0.15, 0.2) is 108 Å². The molecule has 0 spiro atoms. The van der Waals surface area contributed by atoms with E-state index in [1.54, 1.807) is 0 Å². The number of halogens is 1. The van der Waals surface area contributed by atoms with Crippen molar-refractivity contribution < 1.29 is 0 Å². The van der Waals surface area contributed by atoms with E-state index < -0.39 is 0 Å². The lowest BCUT2D eigenvalue weighted by Crippen LogP contribution is -1.91. The number of hydrogen-bond acceptors (Lipinski definition) is 4. The third kappa shape index (κ3) is 3.44. The van der Waals surface area contributed by atoms with Crippen molar-refractivity contribution in [3.63, 3.8) is 0 Å². The van der Waals surface area contributed by atoms with Crippen molar-refractivity contribution in [1.29, 1.82) is 0 Å². The van der Waals surface area contributed by atoms with Crippen molar-refractivity contribution >= 4 is 59.5 Å². The van der Waals surface area contributed by atoms with Crippen molar-refractivity contribution in [3.8, 4) is 22.5 Å². The Hall–Kier alpha value is -4.22. The first-order valence-corrected chi connectivity index (χ1v) is 12.1. The van der Waals surface area contributed by atoms with Gasteiger partial charge in [-0.2, -0.15) is 0 Å². The summed E-state index contributed by atoms with van der Waals surface area (Å²) in [5.41, 5.74) is 7.46. The van der Waals surface area contributed by atoms with Crippen molar-refractivity contribution in [2.75, 3.05) is 0 Å². The highest BCUT2D eigenvalue weighted by molar-refractivity contribution is 9.10. The number of hydrogen-bond donors (Lipinski definition) is 0. The van der Waals surface area contributed by atoms with Gasteiger partial charge in [0.1, 0.15) is 0 Å². The summed E-state index contributed by atoms with van der Waals surface area (Å²) < 4.78 is 0.973. The maximum atomic E-state index is 5.03. The van der Waals surface area contributed by atoms with Gasteiger partial charge in [-0.1, -0.05) is 64.5 Å². The molecule has 5 heteroatoms. The Kier molecular flexibility index (Phi) is 4.57. The smallest absolute Gasteiger partial charge is 0.0972 e. The van der Waals surface area contributed by atoms with Gasteiger partial charge in [0.25, 0.3) is 0 Å². The van der Waals surface area contributed by atoms with Gasteiger partial charge in [-0.15, -0.1) is 0 Å². The van der Waals surface area contributed by atoms with Crippen LogP contribution in [0.25, 0.3) is 66.1 Å². The molecule has 0 fully saturated rings. The molecule has 0 aliphatic carbocycles. The molecule has 0 radical (unpaired) electrons. The van der Waals surface area contributed by atoms with Gasteiger partial charge in [0, 0.05) is 49.5 Å². The zero-order valence-electron chi connectivity index (χ0n) is 18.5. The third-order valence-corrected chi connectivity index (χ3v) is 6.81. The molecule has 3 aromatic carbocycles. The molecule has 4 aromatic heterocycles. The van der Waals surface area contributed by atoms with Gasteiger partial charge in [0.2, 0.25) is 0 Å². The lowest BCUT2D eigenvalue weighted by atomic mass is 10.0. The lowest BCUT2D eigenvalue weighted by Gasteiger charge is -2.10. The van der Waals surface area contributed by atoms with Crippen LogP contribution in [-0.2, 0) is 0 Å². The van der Waals surface area contributed by atoms with Crippen LogP contribution in [0, 0.1) is 0 Å². The second-order valence-corrected chi connectivity index (χ2v) is 9.46. The first-order valence-electron chi connectivity index (χ1n) is 11.3. The van der Waals surface area contributed by atoms with Crippen LogP contribution < -0.4 is 0 Å². The topological polar surface area (TPSA) is 51.6 Å². The van der Waals surface area contributed by atoms with Gasteiger partial charge in [-0.3, -0.25) is 9.97 Å². The van der Waals surface area contributed by atoms with E-state index in [9.17, 15) is 0 Å². The molecular formula is C30H17BrN4. The van der Waals surface area contributed by atoms with Crippen LogP contribution in [0.3, 0.4) is 0 Å². The van der Waals surface area contributed by atoms with Crippen molar-refractivity contribution in [2.45, 2.75) is 0 Å². The summed E-state index contributed by atoms with van der Waals surface area (Å²) in [6, 6.07) is 31.1. The van der Waals surface area contributed by atoms with Gasteiger partial charge < -0.3 is 0 Å². The van der Waals surface area contributed by atoms with Gasteiger partial charge in [-0.25, -0.2) is 9.97 Å². The Morgan fingerprint density at radius 2 is 0.886 bits per heavy atom. The molecule has 7 rings (SSSR count). The molecule has 164 valence electrons. The Morgan fingerprint density at radius 3 is 1.37 bits per heavy atom. The fraction of sp³-hybridized carbons (Fsp3) is 0. The van der Waals surface area contributed by atoms with Crippen LogP contribution in [0.4, 0.5) is 0 Å². The summed E-state index contributed by atoms with van der Waals surface area (Å²) in [6.07, 6.45) is 3.63. The van der Waals surface area contributed by atoms with Crippen LogP contribution in [0.5, 0.6) is 0 Å². The molecule has 4 heterocycles. The Labute approximate surface area is 209 Å². The van der Waals surface area contributed by atoms with Gasteiger partial charge >= 0.3 is 0 Å². The van der Waals surface area contributed by atoms with E-state index in [1.165, 1.54) is 0 Å². The molecule has 0 saturated heterocycles. The van der Waals surface area contributed by atoms with Crippen molar-refractivity contribution in [1.82, 2.24) is 19.9 Å². The minimum absolute atomic E-state index is 0.895. The Morgan fingerprint density at radius 1 is 0.457 bits per heavy atom. The van der Waals surface area contributed by atoms with Crippen molar-refractivity contribution in [2.24, 2.45) is 0 Å². The summed E-state index contributed by atoms with van der Waals surface area (Å²) >= 11 is 3.71. The predicted octanol–water partition coefficient (Wildman–Crippen LogP) is 7.98. The maximum Gasteiger partial charge on any atom is 0.0972 e. The molecule has 0 amide bonds. The molecule has 0 atom stereocenters. The Bertz CT molecular complexity index is 1790. The van der Waals surface area contributed by atoms with Crippen LogP contribution in [0.2, 0.25) is 0 Å². The number of rotatable bonds is 2. The second-order valence-electron chi connectivity index (χ2n) is 8.55. The molecule has 0 bridgehead atoms. The SMILES string of the molecule is Brc1cc(-c2ccc3ccc4cccnc4c3n2)cc(-c2ccc3ccc4cccnc4c3n2)c1. The average molecular weight is 513 g/mol. The highest BCUT2D eigenvalue weighted by Gasteiger charge is 2.11. The molecule has 35 heavy (non-hydrogen) atoms. The van der Waals surface area contributed by atoms with Gasteiger partial charge in [0.05, 0.1) is 33.5 Å². The Balaban J connectivity index is 1.40. The maximum absolute atomic E-state index is 5.03. The molecule has 0 N–H and O–H groups in total. The monoisotopic (exact) mass is 512 g/mol. The predicted molar refractivity (Wildman–Crippen MR) is 146 cm³/mol. The fourth-order valence-electron chi connectivity index (χ4n) is 4.65. The summed E-state index contributed by atoms with van der Waals surface area (Å²) in [5, 5.41) is 4.32. The summed E-state index contributed by atoms with van der Waals surface area (Å²) in [6.45, 7) is 0. The van der Waals surface area contributed by atoms with Gasteiger partial charge in [-0.05, 0) is 42.5 Å². The fourth-order valence-corrected chi connectivity index (χ4v) is 5.15. The lowest BCUT2D eigenvalue weighted by molar-refractivity contribution is 1.35. The molecule has 0 unspecified atom stereocenters. The number of benzene rings is 3. The normalized spacial score (nSPS) is 11.6. The van der Waals surface area contributed by atoms with E-state index in [4.69, 9.17) is 9.97 Å². The van der Waals surface area contributed by atoms with E-state index in [1.807, 2.05) is 24.5 Å². The summed E-state index contributed by atoms with van der Waals surface area (Å²) in [5.74, 6) is 0. The number of nitrogens with zero attached hydrogens (tertiary/aromatic N) is 4. The standard InChI is InChI=1S/C30H17BrN4/c31-24-16-22(25-11-9-20-7-5-18-3-1-13-32-27(18)29(20)34-25)15-23(17-24)26-12-10-21-8-6-19-4-2-14-33-28(19)30(21)35-26/h1-17H. The molecule has 7 aromatic rings. The van der Waals surface area contributed by atoms with E-state index in [0.717, 1.165) is 70.6 Å². The summed E-state index contributed by atoms with van der Waals surface area (Å²) in [4.78, 5) is 19.2. The first-order chi connectivity index (χ1) is 17.2. The van der Waals surface area contributed by atoms with Crippen LogP contribution in [-0.4, -0.2) is 19.9 Å². The molecule has 0 aliphatic heterocycles. The number of fused-ring (bicyclic) bond motifs is 6. The van der Waals surface area contributed by atoms with Crippen molar-refractivity contribution in [3.05, 3.63) is 108 Å². The number of pyridine rings is 4. The highest BCUT2D eigenvalue weighted by atomic mass is 79.9. The zero-order valence-corrected chi connectivity index (χ0v) is 20.1. The van der Waals surface area contributed by atoms with E-state index in [0.29, 0.717) is 0 Å².